The lowest BCUT2D eigenvalue weighted by Crippen LogP contribution is -2.34. The van der Waals surface area contributed by atoms with Crippen molar-refractivity contribution in [3.05, 3.63) is 65.7 Å². The van der Waals surface area contributed by atoms with E-state index < -0.39 is 23.5 Å². The zero-order chi connectivity index (χ0) is 26.0. The average molecular weight is 503 g/mol. The molecule has 0 unspecified atom stereocenters. The van der Waals surface area contributed by atoms with Gasteiger partial charge in [-0.1, -0.05) is 6.07 Å². The molecule has 7 nitrogen and oxygen atoms in total. The molecule has 36 heavy (non-hydrogen) atoms. The molecular weight excluding hydrogens is 476 g/mol. The van der Waals surface area contributed by atoms with Gasteiger partial charge in [0.25, 0.3) is 5.91 Å². The number of nitrogens with zero attached hydrogens (tertiary/aromatic N) is 4. The van der Waals surface area contributed by atoms with Gasteiger partial charge in [0.2, 0.25) is 5.95 Å². The summed E-state index contributed by atoms with van der Waals surface area (Å²) in [6, 6.07) is 7.19. The Balaban J connectivity index is 1.67. The van der Waals surface area contributed by atoms with E-state index in [1.807, 2.05) is 11.9 Å². The van der Waals surface area contributed by atoms with Crippen LogP contribution in [0.2, 0.25) is 0 Å². The van der Waals surface area contributed by atoms with E-state index in [0.29, 0.717) is 22.8 Å². The summed E-state index contributed by atoms with van der Waals surface area (Å²) in [4.78, 5) is 25.3. The maximum atomic E-state index is 14.7. The van der Waals surface area contributed by atoms with Gasteiger partial charge in [-0.25, -0.2) is 14.4 Å². The fourth-order valence-electron chi connectivity index (χ4n) is 4.22. The van der Waals surface area contributed by atoms with Gasteiger partial charge in [0.05, 0.1) is 22.5 Å². The average Bonchev–Trinajstić information content (AvgIpc) is 3.29. The predicted octanol–water partition coefficient (Wildman–Crippen LogP) is 4.74. The Morgan fingerprint density at radius 2 is 1.83 bits per heavy atom. The number of hydrogen-bond acceptors (Lipinski definition) is 6. The van der Waals surface area contributed by atoms with E-state index in [9.17, 15) is 22.4 Å². The second kappa shape index (κ2) is 10.1. The third-order valence-electron chi connectivity index (χ3n) is 6.29. The second-order valence-corrected chi connectivity index (χ2v) is 8.74. The number of likely N-dealkylation sites (N-methyl/N-ethyl adjacent to an activating group) is 2. The SMILES string of the molecule is CNc1ncc(-c2ccc(F)c(C(=O)Nc3cc(C(F)(F)F)ccc3N(C)[C@@H]3CCN(C)C3)c2)cn1. The van der Waals surface area contributed by atoms with Gasteiger partial charge in [0, 0.05) is 44.6 Å². The van der Waals surface area contributed by atoms with E-state index in [-0.39, 0.29) is 17.3 Å². The largest absolute Gasteiger partial charge is 0.416 e. The van der Waals surface area contributed by atoms with E-state index >= 15 is 0 Å². The summed E-state index contributed by atoms with van der Waals surface area (Å²) < 4.78 is 55.1. The van der Waals surface area contributed by atoms with Gasteiger partial charge < -0.3 is 20.4 Å². The number of anilines is 3. The van der Waals surface area contributed by atoms with Crippen LogP contribution in [0.1, 0.15) is 22.3 Å². The number of benzene rings is 2. The Morgan fingerprint density at radius 1 is 1.11 bits per heavy atom. The van der Waals surface area contributed by atoms with Crippen molar-refractivity contribution in [2.75, 3.05) is 49.8 Å². The second-order valence-electron chi connectivity index (χ2n) is 8.74. The summed E-state index contributed by atoms with van der Waals surface area (Å²) in [6.45, 7) is 1.59. The summed E-state index contributed by atoms with van der Waals surface area (Å²) in [6.07, 6.45) is -0.736. The lowest BCUT2D eigenvalue weighted by Gasteiger charge is -2.29. The zero-order valence-corrected chi connectivity index (χ0v) is 20.0. The van der Waals surface area contributed by atoms with Crippen LogP contribution in [0.5, 0.6) is 0 Å². The van der Waals surface area contributed by atoms with Crippen molar-refractivity contribution in [3.63, 3.8) is 0 Å². The van der Waals surface area contributed by atoms with Crippen molar-refractivity contribution in [2.45, 2.75) is 18.6 Å². The summed E-state index contributed by atoms with van der Waals surface area (Å²) in [5.41, 5.74) is 0.196. The van der Waals surface area contributed by atoms with Crippen LogP contribution >= 0.6 is 0 Å². The smallest absolute Gasteiger partial charge is 0.369 e. The van der Waals surface area contributed by atoms with Crippen molar-refractivity contribution >= 4 is 23.2 Å². The molecule has 0 spiro atoms. The highest BCUT2D eigenvalue weighted by atomic mass is 19.4. The van der Waals surface area contributed by atoms with Gasteiger partial charge in [-0.2, -0.15) is 13.2 Å². The molecular formula is C25H26F4N6O. The highest BCUT2D eigenvalue weighted by molar-refractivity contribution is 6.06. The maximum Gasteiger partial charge on any atom is 0.416 e. The van der Waals surface area contributed by atoms with Gasteiger partial charge in [-0.3, -0.25) is 4.79 Å². The number of hydrogen-bond donors (Lipinski definition) is 2. The van der Waals surface area contributed by atoms with Crippen LogP contribution in [-0.2, 0) is 6.18 Å². The number of aromatic nitrogens is 2. The molecule has 0 radical (unpaired) electrons. The van der Waals surface area contributed by atoms with Crippen LogP contribution in [-0.4, -0.2) is 61.0 Å². The van der Waals surface area contributed by atoms with Crippen molar-refractivity contribution in [3.8, 4) is 11.1 Å². The monoisotopic (exact) mass is 502 g/mol. The molecule has 1 aliphatic heterocycles. The Labute approximate surface area is 206 Å². The minimum absolute atomic E-state index is 0.0432. The Hall–Kier alpha value is -3.73. The number of carbonyl (C=O) groups is 1. The number of rotatable bonds is 6. The predicted molar refractivity (Wildman–Crippen MR) is 131 cm³/mol. The lowest BCUT2D eigenvalue weighted by molar-refractivity contribution is -0.137. The van der Waals surface area contributed by atoms with Gasteiger partial charge in [-0.05, 0) is 55.9 Å². The number of likely N-dealkylation sites (tertiary alicyclic amines) is 1. The Morgan fingerprint density at radius 3 is 2.44 bits per heavy atom. The van der Waals surface area contributed by atoms with E-state index in [1.165, 1.54) is 30.6 Å². The molecule has 2 heterocycles. The van der Waals surface area contributed by atoms with Gasteiger partial charge in [0.15, 0.2) is 0 Å². The van der Waals surface area contributed by atoms with Gasteiger partial charge in [0.1, 0.15) is 5.82 Å². The van der Waals surface area contributed by atoms with Gasteiger partial charge in [-0.15, -0.1) is 0 Å². The van der Waals surface area contributed by atoms with E-state index in [1.54, 1.807) is 14.1 Å². The molecule has 2 N–H and O–H groups in total. The molecule has 190 valence electrons. The molecule has 4 rings (SSSR count). The summed E-state index contributed by atoms with van der Waals surface area (Å²) in [5.74, 6) is -1.27. The minimum atomic E-state index is -4.60. The van der Waals surface area contributed by atoms with Gasteiger partial charge >= 0.3 is 6.18 Å². The molecule has 0 saturated carbocycles. The standard InChI is InChI=1S/C25H26F4N6O/c1-30-24-31-12-16(13-32-24)15-4-6-20(26)19(10-15)23(36)33-21-11-17(25(27,28)29)5-7-22(21)35(3)18-8-9-34(2)14-18/h4-7,10-13,18H,8-9,14H2,1-3H3,(H,33,36)(H,30,31,32)/t18-/m1/s1. The molecule has 1 aromatic heterocycles. The third kappa shape index (κ3) is 5.40. The molecule has 0 bridgehead atoms. The van der Waals surface area contributed by atoms with Crippen molar-refractivity contribution in [1.82, 2.24) is 14.9 Å². The highest BCUT2D eigenvalue weighted by Crippen LogP contribution is 2.37. The first-order chi connectivity index (χ1) is 17.1. The molecule has 1 fully saturated rings. The molecule has 11 heteroatoms. The summed E-state index contributed by atoms with van der Waals surface area (Å²) >= 11 is 0. The molecule has 1 aliphatic rings. The molecule has 1 atom stereocenters. The quantitative estimate of drug-likeness (QED) is 0.475. The van der Waals surface area contributed by atoms with Crippen LogP contribution in [0.15, 0.2) is 48.8 Å². The van der Waals surface area contributed by atoms with Crippen LogP contribution in [0, 0.1) is 5.82 Å². The molecule has 2 aromatic carbocycles. The number of halogens is 4. The lowest BCUT2D eigenvalue weighted by atomic mass is 10.0. The van der Waals surface area contributed by atoms with E-state index in [2.05, 4.69) is 25.5 Å². The first-order valence-corrected chi connectivity index (χ1v) is 11.3. The van der Waals surface area contributed by atoms with E-state index in [4.69, 9.17) is 0 Å². The number of amides is 1. The van der Waals surface area contributed by atoms with Crippen LogP contribution in [0.3, 0.4) is 0 Å². The molecule has 3 aromatic rings. The first-order valence-electron chi connectivity index (χ1n) is 11.3. The highest BCUT2D eigenvalue weighted by Gasteiger charge is 2.33. The molecule has 0 aliphatic carbocycles. The topological polar surface area (TPSA) is 73.4 Å². The van der Waals surface area contributed by atoms with E-state index in [0.717, 1.165) is 37.7 Å². The van der Waals surface area contributed by atoms with Crippen molar-refractivity contribution in [2.24, 2.45) is 0 Å². The van der Waals surface area contributed by atoms with Crippen molar-refractivity contribution < 1.29 is 22.4 Å². The minimum Gasteiger partial charge on any atom is -0.369 e. The summed E-state index contributed by atoms with van der Waals surface area (Å²) in [5, 5.41) is 5.31. The Bertz CT molecular complexity index is 1250. The third-order valence-corrected chi connectivity index (χ3v) is 6.29. The van der Waals surface area contributed by atoms with Crippen LogP contribution in [0.25, 0.3) is 11.1 Å². The fourth-order valence-corrected chi connectivity index (χ4v) is 4.22. The van der Waals surface area contributed by atoms with Crippen molar-refractivity contribution in [1.29, 1.82) is 0 Å². The fraction of sp³-hybridized carbons (Fsp3) is 0.320. The Kier molecular flexibility index (Phi) is 7.11. The number of carbonyl (C=O) groups excluding carboxylic acids is 1. The molecule has 1 amide bonds. The first kappa shape index (κ1) is 25.4. The number of nitrogens with one attached hydrogen (secondary N) is 2. The van der Waals surface area contributed by atoms with Crippen LogP contribution < -0.4 is 15.5 Å². The molecule has 1 saturated heterocycles. The normalized spacial score (nSPS) is 16.1. The maximum absolute atomic E-state index is 14.7. The zero-order valence-electron chi connectivity index (χ0n) is 20.0. The summed E-state index contributed by atoms with van der Waals surface area (Å²) in [7, 11) is 5.41. The number of alkyl halides is 3. The van der Waals surface area contributed by atoms with Crippen LogP contribution in [0.4, 0.5) is 34.9 Å².